The summed E-state index contributed by atoms with van der Waals surface area (Å²) in [7, 11) is -3.01. The number of hydrogen-bond donors (Lipinski definition) is 1. The summed E-state index contributed by atoms with van der Waals surface area (Å²) in [6.45, 7) is 7.91. The van der Waals surface area contributed by atoms with Crippen molar-refractivity contribution in [1.82, 2.24) is 20.1 Å². The summed E-state index contributed by atoms with van der Waals surface area (Å²) >= 11 is 0. The lowest BCUT2D eigenvalue weighted by Gasteiger charge is -2.18. The molecule has 7 heteroatoms. The second-order valence-electron chi connectivity index (χ2n) is 5.70. The Balaban J connectivity index is 2.75. The first-order valence-corrected chi connectivity index (χ1v) is 9.15. The smallest absolute Gasteiger partial charge is 0.148 e. The Morgan fingerprint density at radius 3 is 2.65 bits per heavy atom. The first-order chi connectivity index (χ1) is 9.31. The number of hydrogen-bond acceptors (Lipinski definition) is 5. The quantitative estimate of drug-likeness (QED) is 0.733. The summed E-state index contributed by atoms with van der Waals surface area (Å²) in [5.41, 5.74) is 0. The van der Waals surface area contributed by atoms with Gasteiger partial charge in [-0.2, -0.15) is 5.10 Å². The zero-order valence-electron chi connectivity index (χ0n) is 12.8. The van der Waals surface area contributed by atoms with Gasteiger partial charge in [0, 0.05) is 25.3 Å². The minimum absolute atomic E-state index is 0.111. The molecule has 1 unspecified atom stereocenters. The van der Waals surface area contributed by atoms with Gasteiger partial charge in [0.25, 0.3) is 0 Å². The summed E-state index contributed by atoms with van der Waals surface area (Å²) < 4.78 is 24.9. The third-order valence-corrected chi connectivity index (χ3v) is 3.86. The van der Waals surface area contributed by atoms with Gasteiger partial charge >= 0.3 is 0 Å². The minimum Gasteiger partial charge on any atom is -0.313 e. The summed E-state index contributed by atoms with van der Waals surface area (Å²) in [6, 6.07) is -0.111. The van der Waals surface area contributed by atoms with Crippen LogP contribution >= 0.6 is 0 Å². The Hall–Kier alpha value is -0.950. The van der Waals surface area contributed by atoms with Crippen molar-refractivity contribution >= 4 is 9.84 Å². The normalized spacial score (nSPS) is 13.8. The Bertz CT molecular complexity index is 496. The molecule has 0 saturated carbocycles. The molecule has 1 rings (SSSR count). The molecule has 0 spiro atoms. The van der Waals surface area contributed by atoms with Crippen LogP contribution in [0.2, 0.25) is 0 Å². The Morgan fingerprint density at radius 1 is 1.40 bits per heavy atom. The fraction of sp³-hybridized carbons (Fsp3) is 0.846. The van der Waals surface area contributed by atoms with E-state index >= 15 is 0 Å². The molecule has 0 aliphatic carbocycles. The molecule has 0 fully saturated rings. The van der Waals surface area contributed by atoms with E-state index in [4.69, 9.17) is 0 Å². The SMILES string of the molecule is CCCNC(Cc1ncnn1CC(C)C)CS(C)(=O)=O. The standard InChI is InChI=1S/C13H26N4O2S/c1-5-6-14-12(9-20(4,18)19)7-13-15-10-16-17(13)8-11(2)3/h10-12,14H,5-9H2,1-4H3. The van der Waals surface area contributed by atoms with Gasteiger partial charge in [-0.25, -0.2) is 18.1 Å². The van der Waals surface area contributed by atoms with Gasteiger partial charge in [0.05, 0.1) is 5.75 Å². The number of sulfone groups is 1. The van der Waals surface area contributed by atoms with E-state index in [1.54, 1.807) is 0 Å². The van der Waals surface area contributed by atoms with Crippen LogP contribution < -0.4 is 5.32 Å². The summed E-state index contributed by atoms with van der Waals surface area (Å²) in [4.78, 5) is 4.26. The molecule has 116 valence electrons. The maximum Gasteiger partial charge on any atom is 0.148 e. The first-order valence-electron chi connectivity index (χ1n) is 7.09. The number of nitrogens with one attached hydrogen (secondary N) is 1. The second kappa shape index (κ2) is 7.73. The third kappa shape index (κ3) is 6.47. The van der Waals surface area contributed by atoms with Gasteiger partial charge in [0.15, 0.2) is 0 Å². The van der Waals surface area contributed by atoms with E-state index < -0.39 is 9.84 Å². The molecule has 0 saturated heterocycles. The molecular weight excluding hydrogens is 276 g/mol. The average molecular weight is 302 g/mol. The molecule has 0 aliphatic rings. The van der Waals surface area contributed by atoms with E-state index in [1.807, 2.05) is 4.68 Å². The molecule has 0 bridgehead atoms. The van der Waals surface area contributed by atoms with Crippen molar-refractivity contribution in [2.24, 2.45) is 5.92 Å². The van der Waals surface area contributed by atoms with Crippen LogP contribution in [0.25, 0.3) is 0 Å². The van der Waals surface area contributed by atoms with Crippen molar-refractivity contribution in [3.8, 4) is 0 Å². The largest absolute Gasteiger partial charge is 0.313 e. The Labute approximate surface area is 121 Å². The fourth-order valence-electron chi connectivity index (χ4n) is 2.07. The highest BCUT2D eigenvalue weighted by atomic mass is 32.2. The molecule has 0 amide bonds. The summed E-state index contributed by atoms with van der Waals surface area (Å²) in [5.74, 6) is 1.45. The third-order valence-electron chi connectivity index (χ3n) is 2.85. The lowest BCUT2D eigenvalue weighted by atomic mass is 10.2. The van der Waals surface area contributed by atoms with Gasteiger partial charge in [-0.1, -0.05) is 20.8 Å². The highest BCUT2D eigenvalue weighted by molar-refractivity contribution is 7.90. The Morgan fingerprint density at radius 2 is 2.10 bits per heavy atom. The second-order valence-corrected chi connectivity index (χ2v) is 7.88. The van der Waals surface area contributed by atoms with Crippen LogP contribution in [0.1, 0.15) is 33.0 Å². The van der Waals surface area contributed by atoms with Crippen LogP contribution in [-0.4, -0.2) is 47.8 Å². The monoisotopic (exact) mass is 302 g/mol. The van der Waals surface area contributed by atoms with Crippen LogP contribution in [0.5, 0.6) is 0 Å². The van der Waals surface area contributed by atoms with Crippen LogP contribution in [0, 0.1) is 5.92 Å². The Kier molecular flexibility index (Phi) is 6.61. The molecule has 1 aromatic heterocycles. The molecule has 20 heavy (non-hydrogen) atoms. The molecule has 0 radical (unpaired) electrons. The minimum atomic E-state index is -3.01. The van der Waals surface area contributed by atoms with Gasteiger partial charge in [-0.3, -0.25) is 0 Å². The predicted molar refractivity (Wildman–Crippen MR) is 80.4 cm³/mol. The van der Waals surface area contributed by atoms with Crippen molar-refractivity contribution in [2.75, 3.05) is 18.6 Å². The van der Waals surface area contributed by atoms with E-state index in [0.717, 1.165) is 25.3 Å². The fourth-order valence-corrected chi connectivity index (χ4v) is 3.04. The van der Waals surface area contributed by atoms with Crippen molar-refractivity contribution in [3.63, 3.8) is 0 Å². The first kappa shape index (κ1) is 17.1. The molecule has 1 atom stereocenters. The zero-order chi connectivity index (χ0) is 15.2. The van der Waals surface area contributed by atoms with Crippen LogP contribution in [0.15, 0.2) is 6.33 Å². The highest BCUT2D eigenvalue weighted by Gasteiger charge is 2.18. The van der Waals surface area contributed by atoms with E-state index in [-0.39, 0.29) is 11.8 Å². The lowest BCUT2D eigenvalue weighted by molar-refractivity contribution is 0.447. The van der Waals surface area contributed by atoms with Gasteiger partial charge in [-0.15, -0.1) is 0 Å². The van der Waals surface area contributed by atoms with Crippen molar-refractivity contribution in [2.45, 2.75) is 46.2 Å². The van der Waals surface area contributed by atoms with Crippen molar-refractivity contribution in [3.05, 3.63) is 12.2 Å². The summed E-state index contributed by atoms with van der Waals surface area (Å²) in [6.07, 6.45) is 4.36. The van der Waals surface area contributed by atoms with E-state index in [0.29, 0.717) is 12.3 Å². The maximum absolute atomic E-state index is 11.5. The molecule has 1 heterocycles. The van der Waals surface area contributed by atoms with E-state index in [9.17, 15) is 8.42 Å². The van der Waals surface area contributed by atoms with Crippen LogP contribution in [-0.2, 0) is 22.8 Å². The van der Waals surface area contributed by atoms with Crippen molar-refractivity contribution in [1.29, 1.82) is 0 Å². The lowest BCUT2D eigenvalue weighted by Crippen LogP contribution is -2.38. The van der Waals surface area contributed by atoms with Gasteiger partial charge in [0.2, 0.25) is 0 Å². The number of rotatable bonds is 9. The molecule has 0 aromatic carbocycles. The average Bonchev–Trinajstić information content (AvgIpc) is 2.70. The number of aromatic nitrogens is 3. The van der Waals surface area contributed by atoms with E-state index in [1.165, 1.54) is 12.6 Å². The molecule has 1 aromatic rings. The van der Waals surface area contributed by atoms with Gasteiger partial charge in [-0.05, 0) is 18.9 Å². The number of nitrogens with zero attached hydrogens (tertiary/aromatic N) is 3. The van der Waals surface area contributed by atoms with E-state index in [2.05, 4.69) is 36.2 Å². The summed E-state index contributed by atoms with van der Waals surface area (Å²) in [5, 5.41) is 7.50. The highest BCUT2D eigenvalue weighted by Crippen LogP contribution is 2.06. The molecule has 1 N–H and O–H groups in total. The predicted octanol–water partition coefficient (Wildman–Crippen LogP) is 0.889. The van der Waals surface area contributed by atoms with Crippen molar-refractivity contribution < 1.29 is 8.42 Å². The van der Waals surface area contributed by atoms with Gasteiger partial charge in [0.1, 0.15) is 22.0 Å². The van der Waals surface area contributed by atoms with Crippen LogP contribution in [0.4, 0.5) is 0 Å². The molecule has 6 nitrogen and oxygen atoms in total. The maximum atomic E-state index is 11.5. The molecular formula is C13H26N4O2S. The van der Waals surface area contributed by atoms with Gasteiger partial charge < -0.3 is 5.32 Å². The van der Waals surface area contributed by atoms with Crippen LogP contribution in [0.3, 0.4) is 0 Å². The molecule has 0 aliphatic heterocycles. The topological polar surface area (TPSA) is 76.9 Å². The zero-order valence-corrected chi connectivity index (χ0v) is 13.7.